The summed E-state index contributed by atoms with van der Waals surface area (Å²) < 4.78 is 32.1. The van der Waals surface area contributed by atoms with Crippen LogP contribution in [0.1, 0.15) is 22.5 Å². The highest BCUT2D eigenvalue weighted by Crippen LogP contribution is 2.34. The van der Waals surface area contributed by atoms with Gasteiger partial charge >= 0.3 is 0 Å². The van der Waals surface area contributed by atoms with Crippen molar-refractivity contribution in [2.24, 2.45) is 0 Å². The summed E-state index contributed by atoms with van der Waals surface area (Å²) in [5.74, 6) is 2.32. The molecule has 1 aliphatic rings. The van der Waals surface area contributed by atoms with Crippen molar-refractivity contribution in [3.8, 4) is 17.2 Å². The molecule has 0 saturated carbocycles. The molecule has 0 saturated heterocycles. The Kier molecular flexibility index (Phi) is 7.11. The lowest BCUT2D eigenvalue weighted by Gasteiger charge is -2.23. The fourth-order valence-electron chi connectivity index (χ4n) is 4.81. The van der Waals surface area contributed by atoms with Gasteiger partial charge in [0.25, 0.3) is 5.56 Å². The summed E-state index contributed by atoms with van der Waals surface area (Å²) in [6.07, 6.45) is 0. The second kappa shape index (κ2) is 11.1. The molecule has 0 bridgehead atoms. The number of para-hydroxylation sites is 1. The number of nitrogens with zero attached hydrogens (tertiary/aromatic N) is 5. The molecule has 5 aromatic rings. The highest BCUT2D eigenvalue weighted by Gasteiger charge is 2.19. The summed E-state index contributed by atoms with van der Waals surface area (Å²) in [6, 6.07) is 19.5. The van der Waals surface area contributed by atoms with Crippen molar-refractivity contribution in [1.29, 1.82) is 0 Å². The summed E-state index contributed by atoms with van der Waals surface area (Å²) in [4.78, 5) is 18.3. The van der Waals surface area contributed by atoms with Crippen LogP contribution < -0.4 is 19.8 Å². The zero-order valence-electron chi connectivity index (χ0n) is 21.8. The molecule has 0 fully saturated rings. The van der Waals surface area contributed by atoms with Gasteiger partial charge in [0.15, 0.2) is 17.3 Å². The number of hydrogen-bond donors (Lipinski definition) is 1. The third-order valence-corrected chi connectivity index (χ3v) is 6.78. The van der Waals surface area contributed by atoms with Gasteiger partial charge in [-0.3, -0.25) is 9.69 Å². The maximum absolute atomic E-state index is 13.4. The van der Waals surface area contributed by atoms with Crippen LogP contribution in [0.2, 0.25) is 0 Å². The molecule has 0 amide bonds. The fraction of sp³-hybridized carbons (Fsp3) is 0.241. The fourth-order valence-corrected chi connectivity index (χ4v) is 4.81. The lowest BCUT2D eigenvalue weighted by Crippen LogP contribution is -2.28. The minimum atomic E-state index is -0.302. The predicted octanol–water partition coefficient (Wildman–Crippen LogP) is 3.68. The Labute approximate surface area is 228 Å². The van der Waals surface area contributed by atoms with Crippen molar-refractivity contribution in [3.63, 3.8) is 0 Å². The monoisotopic (exact) mass is 542 g/mol. The zero-order chi connectivity index (χ0) is 27.5. The van der Waals surface area contributed by atoms with Crippen LogP contribution in [0, 0.1) is 5.82 Å². The summed E-state index contributed by atoms with van der Waals surface area (Å²) >= 11 is 0. The lowest BCUT2D eigenvalue weighted by atomic mass is 10.1. The lowest BCUT2D eigenvalue weighted by molar-refractivity contribution is 0.172. The van der Waals surface area contributed by atoms with E-state index in [1.807, 2.05) is 36.4 Å². The molecule has 0 spiro atoms. The van der Waals surface area contributed by atoms with Crippen molar-refractivity contribution < 1.29 is 18.6 Å². The minimum absolute atomic E-state index is 0.194. The largest absolute Gasteiger partial charge is 0.496 e. The Bertz CT molecular complexity index is 1700. The summed E-state index contributed by atoms with van der Waals surface area (Å²) in [5.41, 5.74) is 2.89. The molecule has 1 aliphatic heterocycles. The van der Waals surface area contributed by atoms with Crippen molar-refractivity contribution >= 4 is 10.9 Å². The molecule has 10 nitrogen and oxygen atoms in total. The first kappa shape index (κ1) is 25.5. The van der Waals surface area contributed by atoms with E-state index in [0.29, 0.717) is 67.8 Å². The van der Waals surface area contributed by atoms with E-state index in [-0.39, 0.29) is 11.4 Å². The van der Waals surface area contributed by atoms with Gasteiger partial charge in [-0.25, -0.2) is 9.07 Å². The van der Waals surface area contributed by atoms with E-state index in [2.05, 4.69) is 25.4 Å². The highest BCUT2D eigenvalue weighted by atomic mass is 19.1. The van der Waals surface area contributed by atoms with Crippen LogP contribution in [0.3, 0.4) is 0 Å². The number of rotatable bonds is 9. The molecule has 0 atom stereocenters. The van der Waals surface area contributed by atoms with E-state index in [4.69, 9.17) is 14.2 Å². The van der Waals surface area contributed by atoms with Crippen molar-refractivity contribution in [1.82, 2.24) is 30.1 Å². The molecular formula is C29H27FN6O4. The van der Waals surface area contributed by atoms with Crippen LogP contribution in [0.5, 0.6) is 17.2 Å². The predicted molar refractivity (Wildman–Crippen MR) is 145 cm³/mol. The highest BCUT2D eigenvalue weighted by molar-refractivity contribution is 5.83. The van der Waals surface area contributed by atoms with Gasteiger partial charge in [0, 0.05) is 35.7 Å². The number of benzene rings is 3. The second-order valence-electron chi connectivity index (χ2n) is 9.54. The number of aromatic nitrogens is 5. The normalized spacial score (nSPS) is 12.7. The number of pyridine rings is 1. The van der Waals surface area contributed by atoms with Crippen LogP contribution in [-0.4, -0.2) is 50.4 Å². The van der Waals surface area contributed by atoms with Crippen LogP contribution in [0.4, 0.5) is 4.39 Å². The van der Waals surface area contributed by atoms with Crippen LogP contribution >= 0.6 is 0 Å². The van der Waals surface area contributed by atoms with Gasteiger partial charge in [-0.1, -0.05) is 30.3 Å². The van der Waals surface area contributed by atoms with Crippen LogP contribution in [0.25, 0.3) is 10.9 Å². The molecule has 11 heteroatoms. The Balaban J connectivity index is 1.32. The van der Waals surface area contributed by atoms with E-state index in [1.54, 1.807) is 30.0 Å². The number of halogens is 1. The van der Waals surface area contributed by atoms with Gasteiger partial charge in [0.1, 0.15) is 24.8 Å². The molecule has 0 unspecified atom stereocenters. The molecule has 3 heterocycles. The molecule has 1 N–H and O–H groups in total. The number of nitrogens with one attached hydrogen (secondary N) is 1. The Morgan fingerprint density at radius 2 is 1.73 bits per heavy atom. The minimum Gasteiger partial charge on any atom is -0.496 e. The third-order valence-electron chi connectivity index (χ3n) is 6.78. The number of H-pyrrole nitrogens is 1. The van der Waals surface area contributed by atoms with Crippen molar-refractivity contribution in [3.05, 3.63) is 105 Å². The molecule has 6 rings (SSSR count). The SMILES string of the molecule is COc1ccccc1CN(Cc1cc2cc3c(cc2[nH]c1=O)OCCO3)Cc1nnnn1Cc1ccc(F)cc1. The summed E-state index contributed by atoms with van der Waals surface area (Å²) in [7, 11) is 1.63. The topological polar surface area (TPSA) is 107 Å². The second-order valence-corrected chi connectivity index (χ2v) is 9.54. The van der Waals surface area contributed by atoms with Crippen molar-refractivity contribution in [2.75, 3.05) is 20.3 Å². The Morgan fingerprint density at radius 3 is 2.52 bits per heavy atom. The third kappa shape index (κ3) is 5.50. The quantitative estimate of drug-likeness (QED) is 0.301. The zero-order valence-corrected chi connectivity index (χ0v) is 21.8. The van der Waals surface area contributed by atoms with E-state index < -0.39 is 0 Å². The van der Waals surface area contributed by atoms with Gasteiger partial charge in [0.05, 0.1) is 25.7 Å². The summed E-state index contributed by atoms with van der Waals surface area (Å²) in [6.45, 7) is 2.49. The van der Waals surface area contributed by atoms with E-state index in [9.17, 15) is 9.18 Å². The first-order chi connectivity index (χ1) is 19.6. The molecular weight excluding hydrogens is 515 g/mol. The van der Waals surface area contributed by atoms with Gasteiger partial charge in [-0.05, 0) is 46.3 Å². The number of fused-ring (bicyclic) bond motifs is 2. The van der Waals surface area contributed by atoms with Gasteiger partial charge < -0.3 is 19.2 Å². The van der Waals surface area contributed by atoms with Crippen molar-refractivity contribution in [2.45, 2.75) is 26.2 Å². The number of methoxy groups -OCH3 is 1. The summed E-state index contributed by atoms with van der Waals surface area (Å²) in [5, 5.41) is 13.1. The molecule has 40 heavy (non-hydrogen) atoms. The van der Waals surface area contributed by atoms with Gasteiger partial charge in [0.2, 0.25) is 0 Å². The Morgan fingerprint density at radius 1 is 0.975 bits per heavy atom. The number of aromatic amines is 1. The molecule has 204 valence electrons. The standard InChI is InChI=1S/C29H27FN6O4/c1-38-25-5-3-2-4-20(25)16-35(18-28-32-33-34-36(28)15-19-6-8-23(30)9-7-19)17-22-12-21-13-26-27(40-11-10-39-26)14-24(21)31-29(22)37/h2-9,12-14H,10-11,15-18H2,1H3,(H,31,37). The molecule has 3 aromatic carbocycles. The molecule has 0 radical (unpaired) electrons. The van der Waals surface area contributed by atoms with Crippen LogP contribution in [0.15, 0.2) is 71.5 Å². The maximum atomic E-state index is 13.4. The van der Waals surface area contributed by atoms with E-state index in [1.165, 1.54) is 12.1 Å². The number of ether oxygens (including phenoxy) is 3. The Hall–Kier alpha value is -4.77. The maximum Gasteiger partial charge on any atom is 0.252 e. The van der Waals surface area contributed by atoms with E-state index in [0.717, 1.165) is 22.3 Å². The van der Waals surface area contributed by atoms with Gasteiger partial charge in [-0.2, -0.15) is 0 Å². The van der Waals surface area contributed by atoms with E-state index >= 15 is 0 Å². The average molecular weight is 543 g/mol. The smallest absolute Gasteiger partial charge is 0.252 e. The van der Waals surface area contributed by atoms with Gasteiger partial charge in [-0.15, -0.1) is 5.10 Å². The molecule has 2 aromatic heterocycles. The molecule has 0 aliphatic carbocycles. The first-order valence-corrected chi connectivity index (χ1v) is 12.8. The first-order valence-electron chi connectivity index (χ1n) is 12.8. The number of hydrogen-bond acceptors (Lipinski definition) is 8. The number of tetrazole rings is 1. The van der Waals surface area contributed by atoms with Crippen LogP contribution in [-0.2, 0) is 26.2 Å². The average Bonchev–Trinajstić information content (AvgIpc) is 3.40.